The van der Waals surface area contributed by atoms with E-state index >= 15 is 0 Å². The van der Waals surface area contributed by atoms with Gasteiger partial charge in [0, 0.05) is 23.2 Å². The van der Waals surface area contributed by atoms with Gasteiger partial charge in [-0.2, -0.15) is 0 Å². The summed E-state index contributed by atoms with van der Waals surface area (Å²) in [5, 5.41) is 4.35. The van der Waals surface area contributed by atoms with E-state index in [1.54, 1.807) is 0 Å². The Bertz CT molecular complexity index is 507. The summed E-state index contributed by atoms with van der Waals surface area (Å²) in [6, 6.07) is 8.48. The smallest absolute Gasteiger partial charge is 0.123 e. The van der Waals surface area contributed by atoms with E-state index in [1.165, 1.54) is 40.4 Å². The monoisotopic (exact) mass is 244 g/mol. The summed E-state index contributed by atoms with van der Waals surface area (Å²) in [6.45, 7) is 0. The van der Waals surface area contributed by atoms with Crippen molar-refractivity contribution >= 4 is 17.0 Å². The lowest BCUT2D eigenvalue weighted by atomic mass is 10.0. The summed E-state index contributed by atoms with van der Waals surface area (Å²) in [7, 11) is 1.95. The molecule has 0 atom stereocenters. The number of thiazole rings is 1. The number of hydrogen-bond donors (Lipinski definition) is 1. The number of benzene rings is 1. The molecule has 88 valence electrons. The minimum atomic E-state index is 1.15. The SMILES string of the molecule is CNc1cccc(-c2nc3c(s2)CCCC3)c1. The van der Waals surface area contributed by atoms with E-state index in [4.69, 9.17) is 4.98 Å². The van der Waals surface area contributed by atoms with Crippen LogP contribution in [0.25, 0.3) is 10.6 Å². The molecule has 0 fully saturated rings. The predicted octanol–water partition coefficient (Wildman–Crippen LogP) is 3.73. The van der Waals surface area contributed by atoms with Gasteiger partial charge in [0.1, 0.15) is 5.01 Å². The standard InChI is InChI=1S/C14H16N2S/c1-15-11-6-4-5-10(9-11)14-16-12-7-2-3-8-13(12)17-14/h4-6,9,15H,2-3,7-8H2,1H3. The number of rotatable bonds is 2. The van der Waals surface area contributed by atoms with Crippen molar-refractivity contribution in [2.45, 2.75) is 25.7 Å². The first kappa shape index (κ1) is 10.8. The number of anilines is 1. The van der Waals surface area contributed by atoms with E-state index in [9.17, 15) is 0 Å². The summed E-state index contributed by atoms with van der Waals surface area (Å²) in [6.07, 6.45) is 5.01. The quantitative estimate of drug-likeness (QED) is 0.870. The second-order valence-electron chi connectivity index (χ2n) is 4.43. The summed E-state index contributed by atoms with van der Waals surface area (Å²) in [5.74, 6) is 0. The van der Waals surface area contributed by atoms with Crippen molar-refractivity contribution in [2.24, 2.45) is 0 Å². The third-order valence-corrected chi connectivity index (χ3v) is 4.45. The van der Waals surface area contributed by atoms with E-state index in [1.807, 2.05) is 18.4 Å². The largest absolute Gasteiger partial charge is 0.388 e. The Morgan fingerprint density at radius 2 is 2.12 bits per heavy atom. The first-order valence-electron chi connectivity index (χ1n) is 6.13. The van der Waals surface area contributed by atoms with E-state index < -0.39 is 0 Å². The minimum absolute atomic E-state index is 1.15. The fraction of sp³-hybridized carbons (Fsp3) is 0.357. The van der Waals surface area contributed by atoms with Gasteiger partial charge in [0.25, 0.3) is 0 Å². The molecular formula is C14H16N2S. The van der Waals surface area contributed by atoms with Crippen LogP contribution < -0.4 is 5.32 Å². The summed E-state index contributed by atoms with van der Waals surface area (Å²) < 4.78 is 0. The fourth-order valence-electron chi connectivity index (χ4n) is 2.28. The van der Waals surface area contributed by atoms with Gasteiger partial charge in [0.2, 0.25) is 0 Å². The van der Waals surface area contributed by atoms with Crippen LogP contribution in [0.1, 0.15) is 23.4 Å². The van der Waals surface area contributed by atoms with Gasteiger partial charge in [0.15, 0.2) is 0 Å². The number of aryl methyl sites for hydroxylation is 2. The average molecular weight is 244 g/mol. The minimum Gasteiger partial charge on any atom is -0.388 e. The van der Waals surface area contributed by atoms with Crippen molar-refractivity contribution in [2.75, 3.05) is 12.4 Å². The molecule has 0 bridgehead atoms. The highest BCUT2D eigenvalue weighted by atomic mass is 32.1. The van der Waals surface area contributed by atoms with Crippen LogP contribution in [0.2, 0.25) is 0 Å². The van der Waals surface area contributed by atoms with Crippen LogP contribution in [0.4, 0.5) is 5.69 Å². The number of nitrogens with zero attached hydrogens (tertiary/aromatic N) is 1. The Morgan fingerprint density at radius 1 is 1.24 bits per heavy atom. The molecular weight excluding hydrogens is 228 g/mol. The maximum atomic E-state index is 4.79. The number of hydrogen-bond acceptors (Lipinski definition) is 3. The van der Waals surface area contributed by atoms with Crippen LogP contribution in [-0.2, 0) is 12.8 Å². The van der Waals surface area contributed by atoms with Gasteiger partial charge in [-0.15, -0.1) is 11.3 Å². The summed E-state index contributed by atoms with van der Waals surface area (Å²) >= 11 is 1.87. The van der Waals surface area contributed by atoms with Crippen molar-refractivity contribution in [1.29, 1.82) is 0 Å². The summed E-state index contributed by atoms with van der Waals surface area (Å²) in [4.78, 5) is 6.29. The van der Waals surface area contributed by atoms with Crippen LogP contribution in [0.3, 0.4) is 0 Å². The maximum absolute atomic E-state index is 4.79. The van der Waals surface area contributed by atoms with Crippen LogP contribution in [-0.4, -0.2) is 12.0 Å². The van der Waals surface area contributed by atoms with Gasteiger partial charge < -0.3 is 5.32 Å². The lowest BCUT2D eigenvalue weighted by Crippen LogP contribution is -1.98. The first-order valence-corrected chi connectivity index (χ1v) is 6.95. The van der Waals surface area contributed by atoms with Crippen molar-refractivity contribution < 1.29 is 0 Å². The molecule has 0 aliphatic heterocycles. The predicted molar refractivity (Wildman–Crippen MR) is 73.7 cm³/mol. The van der Waals surface area contributed by atoms with Gasteiger partial charge in [-0.1, -0.05) is 12.1 Å². The van der Waals surface area contributed by atoms with Gasteiger partial charge in [-0.25, -0.2) is 4.98 Å². The lowest BCUT2D eigenvalue weighted by molar-refractivity contribution is 0.682. The topological polar surface area (TPSA) is 24.9 Å². The molecule has 1 aliphatic carbocycles. The van der Waals surface area contributed by atoms with Crippen LogP contribution in [0.15, 0.2) is 24.3 Å². The molecule has 3 heteroatoms. The van der Waals surface area contributed by atoms with Crippen LogP contribution in [0.5, 0.6) is 0 Å². The molecule has 2 aromatic rings. The molecule has 0 saturated carbocycles. The normalized spacial score (nSPS) is 14.4. The molecule has 2 nitrogen and oxygen atoms in total. The third-order valence-electron chi connectivity index (χ3n) is 3.24. The lowest BCUT2D eigenvalue weighted by Gasteiger charge is -2.06. The number of fused-ring (bicyclic) bond motifs is 1. The Morgan fingerprint density at radius 3 is 2.94 bits per heavy atom. The molecule has 1 aromatic carbocycles. The molecule has 0 spiro atoms. The molecule has 0 amide bonds. The second-order valence-corrected chi connectivity index (χ2v) is 5.51. The van der Waals surface area contributed by atoms with Crippen molar-refractivity contribution in [3.8, 4) is 10.6 Å². The van der Waals surface area contributed by atoms with E-state index in [0.717, 1.165) is 12.1 Å². The second kappa shape index (κ2) is 4.49. The molecule has 1 aliphatic rings. The molecule has 1 aromatic heterocycles. The zero-order valence-corrected chi connectivity index (χ0v) is 10.8. The zero-order chi connectivity index (χ0) is 11.7. The average Bonchev–Trinajstić information content (AvgIpc) is 2.82. The highest BCUT2D eigenvalue weighted by Gasteiger charge is 2.15. The first-order chi connectivity index (χ1) is 8.36. The summed E-state index contributed by atoms with van der Waals surface area (Å²) in [5.41, 5.74) is 3.72. The van der Waals surface area contributed by atoms with Gasteiger partial charge >= 0.3 is 0 Å². The molecule has 17 heavy (non-hydrogen) atoms. The van der Waals surface area contributed by atoms with Crippen molar-refractivity contribution in [3.05, 3.63) is 34.8 Å². The van der Waals surface area contributed by atoms with E-state index in [0.29, 0.717) is 0 Å². The molecule has 0 saturated heterocycles. The zero-order valence-electron chi connectivity index (χ0n) is 9.99. The van der Waals surface area contributed by atoms with E-state index in [-0.39, 0.29) is 0 Å². The number of nitrogens with one attached hydrogen (secondary N) is 1. The highest BCUT2D eigenvalue weighted by molar-refractivity contribution is 7.15. The van der Waals surface area contributed by atoms with Crippen molar-refractivity contribution in [1.82, 2.24) is 4.98 Å². The molecule has 0 unspecified atom stereocenters. The Balaban J connectivity index is 2.00. The Labute approximate surface area is 106 Å². The van der Waals surface area contributed by atoms with Crippen LogP contribution >= 0.6 is 11.3 Å². The molecule has 1 N–H and O–H groups in total. The Kier molecular flexibility index (Phi) is 2.85. The van der Waals surface area contributed by atoms with Crippen LogP contribution in [0, 0.1) is 0 Å². The Hall–Kier alpha value is -1.35. The molecule has 1 heterocycles. The fourth-order valence-corrected chi connectivity index (χ4v) is 3.43. The van der Waals surface area contributed by atoms with Gasteiger partial charge in [-0.05, 0) is 37.8 Å². The van der Waals surface area contributed by atoms with Crippen molar-refractivity contribution in [3.63, 3.8) is 0 Å². The number of aromatic nitrogens is 1. The molecule has 0 radical (unpaired) electrons. The van der Waals surface area contributed by atoms with E-state index in [2.05, 4.69) is 29.6 Å². The molecule has 3 rings (SSSR count). The van der Waals surface area contributed by atoms with Gasteiger partial charge in [-0.3, -0.25) is 0 Å². The maximum Gasteiger partial charge on any atom is 0.123 e. The highest BCUT2D eigenvalue weighted by Crippen LogP contribution is 2.33. The third kappa shape index (κ3) is 2.07. The van der Waals surface area contributed by atoms with Gasteiger partial charge in [0.05, 0.1) is 5.69 Å².